The van der Waals surface area contributed by atoms with Crippen molar-refractivity contribution in [3.63, 3.8) is 0 Å². The first-order valence-electron chi connectivity index (χ1n) is 12.4. The van der Waals surface area contributed by atoms with Crippen LogP contribution in [0.25, 0.3) is 0 Å². The highest BCUT2D eigenvalue weighted by atomic mass is 28.4. The highest BCUT2D eigenvalue weighted by Gasteiger charge is 2.39. The summed E-state index contributed by atoms with van der Waals surface area (Å²) >= 11 is 0. The summed E-state index contributed by atoms with van der Waals surface area (Å²) in [6.07, 6.45) is 16.3. The van der Waals surface area contributed by atoms with Gasteiger partial charge in [0.1, 0.15) is 6.10 Å². The van der Waals surface area contributed by atoms with E-state index >= 15 is 0 Å². The summed E-state index contributed by atoms with van der Waals surface area (Å²) in [6, 6.07) is 0.960. The van der Waals surface area contributed by atoms with Gasteiger partial charge in [0.05, 0.1) is 13.2 Å². The van der Waals surface area contributed by atoms with E-state index in [4.69, 9.17) is 22.8 Å². The molecule has 1 fully saturated rings. The fraction of sp³-hybridized carbons (Fsp3) is 1.00. The Bertz CT molecular complexity index is 335. The Balaban J connectivity index is 1.83. The maximum atomic E-state index is 5.92. The van der Waals surface area contributed by atoms with Gasteiger partial charge in [0.15, 0.2) is 0 Å². The van der Waals surface area contributed by atoms with Crippen LogP contribution in [0.1, 0.15) is 97.8 Å². The minimum atomic E-state index is -2.42. The van der Waals surface area contributed by atoms with Crippen LogP contribution in [-0.2, 0) is 22.8 Å². The highest BCUT2D eigenvalue weighted by molar-refractivity contribution is 6.60. The van der Waals surface area contributed by atoms with Gasteiger partial charge in [-0.3, -0.25) is 0 Å². The van der Waals surface area contributed by atoms with Crippen molar-refractivity contribution in [2.75, 3.05) is 39.6 Å². The molecule has 0 spiro atoms. The molecule has 174 valence electrons. The molecule has 0 aliphatic carbocycles. The molecule has 0 saturated carbocycles. The molecule has 6 heteroatoms. The Hall–Kier alpha value is 0.0169. The largest absolute Gasteiger partial charge is 0.500 e. The van der Waals surface area contributed by atoms with E-state index in [0.29, 0.717) is 25.9 Å². The van der Waals surface area contributed by atoms with E-state index in [0.717, 1.165) is 32.3 Å². The van der Waals surface area contributed by atoms with Crippen LogP contribution in [0.2, 0.25) is 6.04 Å². The number of hydrogen-bond donors (Lipinski definition) is 0. The van der Waals surface area contributed by atoms with Crippen molar-refractivity contribution in [2.24, 2.45) is 0 Å². The van der Waals surface area contributed by atoms with Gasteiger partial charge in [-0.15, -0.1) is 0 Å². The van der Waals surface area contributed by atoms with Crippen LogP contribution in [0.4, 0.5) is 0 Å². The topological polar surface area (TPSA) is 49.5 Å². The summed E-state index contributed by atoms with van der Waals surface area (Å²) < 4.78 is 28.5. The molecule has 0 aromatic rings. The monoisotopic (exact) mass is 432 g/mol. The average Bonchev–Trinajstić information content (AvgIpc) is 3.53. The van der Waals surface area contributed by atoms with Gasteiger partial charge in [-0.25, -0.2) is 0 Å². The molecule has 0 amide bonds. The van der Waals surface area contributed by atoms with Gasteiger partial charge in [-0.05, 0) is 33.6 Å². The van der Waals surface area contributed by atoms with Gasteiger partial charge < -0.3 is 22.8 Å². The normalized spacial score (nSPS) is 16.4. The predicted octanol–water partition coefficient (Wildman–Crippen LogP) is 6.13. The Morgan fingerprint density at radius 3 is 1.48 bits per heavy atom. The van der Waals surface area contributed by atoms with Gasteiger partial charge in [0.2, 0.25) is 0 Å². The number of unbranched alkanes of at least 4 members (excludes halogenated alkanes) is 11. The minimum absolute atomic E-state index is 0.408. The quantitative estimate of drug-likeness (QED) is 0.110. The predicted molar refractivity (Wildman–Crippen MR) is 121 cm³/mol. The first kappa shape index (κ1) is 27.1. The fourth-order valence-electron chi connectivity index (χ4n) is 3.69. The Morgan fingerprint density at radius 2 is 1.07 bits per heavy atom. The van der Waals surface area contributed by atoms with Gasteiger partial charge >= 0.3 is 8.80 Å². The molecule has 1 aliphatic heterocycles. The van der Waals surface area contributed by atoms with Crippen molar-refractivity contribution < 1.29 is 22.8 Å². The maximum absolute atomic E-state index is 5.92. The zero-order chi connectivity index (χ0) is 21.0. The van der Waals surface area contributed by atoms with E-state index in [2.05, 4.69) is 0 Å². The minimum Gasteiger partial charge on any atom is -0.379 e. The van der Waals surface area contributed by atoms with E-state index in [1.54, 1.807) is 0 Å². The van der Waals surface area contributed by atoms with E-state index < -0.39 is 8.80 Å². The van der Waals surface area contributed by atoms with Crippen LogP contribution < -0.4 is 0 Å². The smallest absolute Gasteiger partial charge is 0.379 e. The lowest BCUT2D eigenvalue weighted by molar-refractivity contribution is 0.0706. The number of hydrogen-bond acceptors (Lipinski definition) is 5. The third kappa shape index (κ3) is 15.5. The van der Waals surface area contributed by atoms with Crippen molar-refractivity contribution in [3.05, 3.63) is 0 Å². The standard InChI is InChI=1S/C23H48O5Si/c1-4-26-29(27-5-2,28-6-3)20-18-16-14-12-10-8-7-9-11-13-15-17-19-24-21-23-22-25-23/h23H,4-22H2,1-3H3. The molecule has 1 aliphatic rings. The summed E-state index contributed by atoms with van der Waals surface area (Å²) in [6.45, 7) is 10.7. The third-order valence-electron chi connectivity index (χ3n) is 5.32. The van der Waals surface area contributed by atoms with E-state index in [-0.39, 0.29) is 0 Å². The van der Waals surface area contributed by atoms with E-state index in [1.165, 1.54) is 70.6 Å². The maximum Gasteiger partial charge on any atom is 0.500 e. The fourth-order valence-corrected chi connectivity index (χ4v) is 6.38. The SMILES string of the molecule is CCO[Si](CCCCCCCCCCCCCCOCC1CO1)(OCC)OCC. The zero-order valence-corrected chi connectivity index (χ0v) is 20.6. The molecule has 1 saturated heterocycles. The van der Waals surface area contributed by atoms with Gasteiger partial charge in [0.25, 0.3) is 0 Å². The molecule has 0 aromatic heterocycles. The van der Waals surface area contributed by atoms with Crippen LogP contribution in [0.5, 0.6) is 0 Å². The number of rotatable bonds is 23. The van der Waals surface area contributed by atoms with Crippen molar-refractivity contribution in [2.45, 2.75) is 110 Å². The lowest BCUT2D eigenvalue weighted by Crippen LogP contribution is -2.45. The van der Waals surface area contributed by atoms with Gasteiger partial charge in [-0.1, -0.05) is 64.2 Å². The molecule has 0 bridgehead atoms. The van der Waals surface area contributed by atoms with Crippen LogP contribution in [-0.4, -0.2) is 54.5 Å². The third-order valence-corrected chi connectivity index (χ3v) is 8.47. The molecule has 5 nitrogen and oxygen atoms in total. The van der Waals surface area contributed by atoms with Crippen LogP contribution in [0.3, 0.4) is 0 Å². The second kappa shape index (κ2) is 18.8. The summed E-state index contributed by atoms with van der Waals surface area (Å²) in [7, 11) is -2.42. The lowest BCUT2D eigenvalue weighted by Gasteiger charge is -2.28. The molecule has 0 aromatic carbocycles. The highest BCUT2D eigenvalue weighted by Crippen LogP contribution is 2.21. The van der Waals surface area contributed by atoms with Crippen molar-refractivity contribution >= 4 is 8.80 Å². The first-order valence-corrected chi connectivity index (χ1v) is 14.3. The summed E-state index contributed by atoms with van der Waals surface area (Å²) in [4.78, 5) is 0. The van der Waals surface area contributed by atoms with Crippen molar-refractivity contribution in [1.82, 2.24) is 0 Å². The molecule has 29 heavy (non-hydrogen) atoms. The molecule has 1 heterocycles. The molecule has 1 unspecified atom stereocenters. The number of epoxide rings is 1. The molecule has 1 atom stereocenters. The number of ether oxygens (including phenoxy) is 2. The first-order chi connectivity index (χ1) is 14.3. The summed E-state index contributed by atoms with van der Waals surface area (Å²) in [5.41, 5.74) is 0. The lowest BCUT2D eigenvalue weighted by atomic mass is 10.1. The second-order valence-electron chi connectivity index (χ2n) is 8.00. The Morgan fingerprint density at radius 1 is 0.655 bits per heavy atom. The Kier molecular flexibility index (Phi) is 17.5. The van der Waals surface area contributed by atoms with Crippen LogP contribution >= 0.6 is 0 Å². The van der Waals surface area contributed by atoms with E-state index in [9.17, 15) is 0 Å². The molecule has 1 rings (SSSR count). The summed E-state index contributed by atoms with van der Waals surface area (Å²) in [5, 5.41) is 0. The molecular formula is C23H48O5Si. The zero-order valence-electron chi connectivity index (χ0n) is 19.6. The van der Waals surface area contributed by atoms with Crippen LogP contribution in [0, 0.1) is 0 Å². The van der Waals surface area contributed by atoms with E-state index in [1.807, 2.05) is 20.8 Å². The Labute approximate surface area is 181 Å². The molecular weight excluding hydrogens is 384 g/mol. The average molecular weight is 433 g/mol. The van der Waals surface area contributed by atoms with Crippen molar-refractivity contribution in [1.29, 1.82) is 0 Å². The summed E-state index contributed by atoms with van der Waals surface area (Å²) in [5.74, 6) is 0. The molecule has 0 radical (unpaired) electrons. The van der Waals surface area contributed by atoms with Gasteiger partial charge in [-0.2, -0.15) is 0 Å². The molecule has 0 N–H and O–H groups in total. The second-order valence-corrected chi connectivity index (χ2v) is 10.7. The van der Waals surface area contributed by atoms with Crippen LogP contribution in [0.15, 0.2) is 0 Å². The van der Waals surface area contributed by atoms with Gasteiger partial charge in [0, 0.05) is 32.5 Å². The van der Waals surface area contributed by atoms with Crippen molar-refractivity contribution in [3.8, 4) is 0 Å².